The number of ketones is 3. The molecular formula is C40H51NO15. The Balaban J connectivity index is 1.11. The Morgan fingerprint density at radius 1 is 0.821 bits per heavy atom. The molecule has 16 nitrogen and oxygen atoms in total. The van der Waals surface area contributed by atoms with Crippen molar-refractivity contribution in [1.82, 2.24) is 4.90 Å². The molecule has 13 atom stereocenters. The largest absolute Gasteiger partial charge is 0.507 e. The molecule has 0 saturated carbocycles. The molecule has 3 aliphatic heterocycles. The molecule has 6 N–H and O–H groups in total. The summed E-state index contributed by atoms with van der Waals surface area (Å²) < 4.78 is 37.3. The quantitative estimate of drug-likeness (QED) is 0.180. The molecular weight excluding hydrogens is 734 g/mol. The number of nitrogens with zero attached hydrogens (tertiary/aromatic N) is 1. The minimum absolute atomic E-state index is 0.00363. The highest BCUT2D eigenvalue weighted by Crippen LogP contribution is 2.54. The normalized spacial score (nSPS) is 37.3. The summed E-state index contributed by atoms with van der Waals surface area (Å²) in [6, 6.07) is 3.07. The highest BCUT2D eigenvalue weighted by atomic mass is 16.7. The Kier molecular flexibility index (Phi) is 11.1. The van der Waals surface area contributed by atoms with Crippen molar-refractivity contribution >= 4 is 17.3 Å². The molecule has 0 spiro atoms. The van der Waals surface area contributed by atoms with Crippen molar-refractivity contribution in [1.29, 1.82) is 0 Å². The number of carbonyl (C=O) groups excluding carboxylic acids is 3. The number of carbonyl (C=O) groups is 3. The predicted molar refractivity (Wildman–Crippen MR) is 193 cm³/mol. The second kappa shape index (κ2) is 15.3. The van der Waals surface area contributed by atoms with Crippen LogP contribution in [0.4, 0.5) is 0 Å². The molecule has 2 aromatic rings. The molecule has 306 valence electrons. The van der Waals surface area contributed by atoms with Crippen LogP contribution in [0.25, 0.3) is 0 Å². The van der Waals surface area contributed by atoms with Crippen LogP contribution in [0.1, 0.15) is 121 Å². The second-order valence-electron chi connectivity index (χ2n) is 15.9. The van der Waals surface area contributed by atoms with Crippen LogP contribution in [0.15, 0.2) is 18.2 Å². The van der Waals surface area contributed by atoms with E-state index in [9.17, 15) is 45.0 Å². The van der Waals surface area contributed by atoms with Crippen molar-refractivity contribution in [3.05, 3.63) is 51.6 Å². The van der Waals surface area contributed by atoms with Crippen molar-refractivity contribution in [3.8, 4) is 17.2 Å². The zero-order valence-corrected chi connectivity index (χ0v) is 32.2. The van der Waals surface area contributed by atoms with Gasteiger partial charge in [-0.1, -0.05) is 6.92 Å². The molecule has 3 saturated heterocycles. The van der Waals surface area contributed by atoms with Gasteiger partial charge in [-0.15, -0.1) is 0 Å². The van der Waals surface area contributed by atoms with Gasteiger partial charge >= 0.3 is 0 Å². The van der Waals surface area contributed by atoms with Gasteiger partial charge in [0.05, 0.1) is 46.7 Å². The Morgan fingerprint density at radius 2 is 1.43 bits per heavy atom. The van der Waals surface area contributed by atoms with E-state index >= 15 is 0 Å². The molecule has 0 aromatic heterocycles. The molecule has 0 bridgehead atoms. The Labute approximate surface area is 323 Å². The molecule has 3 heterocycles. The highest BCUT2D eigenvalue weighted by Gasteiger charge is 2.52. The third kappa shape index (κ3) is 7.03. The number of benzene rings is 2. The molecule has 5 aliphatic rings. The lowest BCUT2D eigenvalue weighted by Gasteiger charge is -2.49. The van der Waals surface area contributed by atoms with Crippen LogP contribution in [0, 0.1) is 0 Å². The van der Waals surface area contributed by atoms with E-state index in [0.29, 0.717) is 12.8 Å². The lowest BCUT2D eigenvalue weighted by atomic mass is 9.71. The molecule has 2 aliphatic carbocycles. The van der Waals surface area contributed by atoms with Gasteiger partial charge in [0, 0.05) is 49.3 Å². The number of Topliss-reactive ketones (excluding diaryl/α,β-unsaturated/α-hetero) is 1. The van der Waals surface area contributed by atoms with Crippen LogP contribution < -0.4 is 0 Å². The van der Waals surface area contributed by atoms with E-state index in [-0.39, 0.29) is 54.2 Å². The average molecular weight is 786 g/mol. The number of aliphatic hydroxyl groups is 3. The molecule has 0 radical (unpaired) electrons. The van der Waals surface area contributed by atoms with Crippen LogP contribution >= 0.6 is 0 Å². The van der Waals surface area contributed by atoms with Gasteiger partial charge in [-0.3, -0.25) is 14.4 Å². The summed E-state index contributed by atoms with van der Waals surface area (Å²) in [5, 5.41) is 67.3. The third-order valence-corrected chi connectivity index (χ3v) is 12.0. The van der Waals surface area contributed by atoms with Crippen LogP contribution in [0.5, 0.6) is 17.2 Å². The fourth-order valence-electron chi connectivity index (χ4n) is 8.86. The Bertz CT molecular complexity index is 1870. The van der Waals surface area contributed by atoms with E-state index < -0.39 is 119 Å². The van der Waals surface area contributed by atoms with Gasteiger partial charge < -0.3 is 64.0 Å². The number of aliphatic hydroxyl groups excluding tert-OH is 2. The number of phenolic OH excluding ortho intramolecular Hbond substituents is 3. The van der Waals surface area contributed by atoms with E-state index in [2.05, 4.69) is 0 Å². The lowest BCUT2D eigenvalue weighted by molar-refractivity contribution is -0.328. The SMILES string of the molecule is CC[C@@]1(O)C[C@H](O)c2cc3c(c(O)c2[C@H]1O[C@H]1C[C@H](N(C)C)[C@H](O[C@H]2C[C@H](O)[C@H](O[C@H]4CCC(=O)[C@H](C)O4)[C@H](C)O2)[C@H](C)O1)C(=O)c1c(O)ccc(O)c1C3=O. The van der Waals surface area contributed by atoms with Crippen molar-refractivity contribution in [2.45, 2.75) is 146 Å². The molecule has 2 aromatic carbocycles. The fourth-order valence-corrected chi connectivity index (χ4v) is 8.86. The first-order chi connectivity index (χ1) is 26.4. The number of likely N-dealkylation sites (N-methyl/N-ethyl adjacent to an activating group) is 1. The number of rotatable bonds is 8. The molecule has 56 heavy (non-hydrogen) atoms. The maximum absolute atomic E-state index is 13.8. The summed E-state index contributed by atoms with van der Waals surface area (Å²) >= 11 is 0. The van der Waals surface area contributed by atoms with Gasteiger partial charge in [0.1, 0.15) is 41.7 Å². The van der Waals surface area contributed by atoms with Gasteiger partial charge in [0.15, 0.2) is 30.4 Å². The number of aromatic hydroxyl groups is 3. The number of phenols is 3. The number of ether oxygens (including phenoxy) is 6. The van der Waals surface area contributed by atoms with Crippen LogP contribution in [0.3, 0.4) is 0 Å². The van der Waals surface area contributed by atoms with Gasteiger partial charge in [-0.05, 0) is 65.0 Å². The van der Waals surface area contributed by atoms with Crippen LogP contribution in [-0.4, -0.2) is 134 Å². The van der Waals surface area contributed by atoms with Gasteiger partial charge in [-0.25, -0.2) is 0 Å². The zero-order valence-electron chi connectivity index (χ0n) is 32.2. The molecule has 7 rings (SSSR count). The predicted octanol–water partition coefficient (Wildman–Crippen LogP) is 2.64. The number of hydrogen-bond donors (Lipinski definition) is 6. The Hall–Kier alpha value is -3.55. The lowest BCUT2D eigenvalue weighted by Crippen LogP contribution is -2.58. The number of hydrogen-bond acceptors (Lipinski definition) is 16. The summed E-state index contributed by atoms with van der Waals surface area (Å²) in [6.45, 7) is 6.92. The average Bonchev–Trinajstić information content (AvgIpc) is 3.13. The molecule has 16 heteroatoms. The molecule has 0 unspecified atom stereocenters. The first-order valence-electron chi connectivity index (χ1n) is 19.2. The van der Waals surface area contributed by atoms with Crippen molar-refractivity contribution < 1.29 is 73.4 Å². The van der Waals surface area contributed by atoms with E-state index in [4.69, 9.17) is 28.4 Å². The first-order valence-corrected chi connectivity index (χ1v) is 19.2. The minimum atomic E-state index is -1.76. The summed E-state index contributed by atoms with van der Waals surface area (Å²) in [6.07, 6.45) is -8.39. The maximum atomic E-state index is 13.8. The topological polar surface area (TPSA) is 231 Å². The maximum Gasteiger partial charge on any atom is 0.202 e. The first kappa shape index (κ1) is 40.6. The van der Waals surface area contributed by atoms with Crippen molar-refractivity contribution in [3.63, 3.8) is 0 Å². The van der Waals surface area contributed by atoms with Gasteiger partial charge in [0.25, 0.3) is 0 Å². The van der Waals surface area contributed by atoms with Crippen molar-refractivity contribution in [2.24, 2.45) is 0 Å². The third-order valence-electron chi connectivity index (χ3n) is 12.0. The van der Waals surface area contributed by atoms with Crippen LogP contribution in [-0.2, 0) is 33.2 Å². The van der Waals surface area contributed by atoms with Gasteiger partial charge in [-0.2, -0.15) is 0 Å². The number of fused-ring (bicyclic) bond motifs is 3. The van der Waals surface area contributed by atoms with E-state index in [1.165, 1.54) is 6.07 Å². The second-order valence-corrected chi connectivity index (χ2v) is 15.9. The summed E-state index contributed by atoms with van der Waals surface area (Å²) in [5.41, 5.74) is -3.41. The van der Waals surface area contributed by atoms with Crippen molar-refractivity contribution in [2.75, 3.05) is 14.1 Å². The smallest absolute Gasteiger partial charge is 0.202 e. The highest BCUT2D eigenvalue weighted by molar-refractivity contribution is 6.31. The summed E-state index contributed by atoms with van der Waals surface area (Å²) in [7, 11) is 3.71. The fraction of sp³-hybridized carbons (Fsp3) is 0.625. The Morgan fingerprint density at radius 3 is 2.04 bits per heavy atom. The molecule has 0 amide bonds. The van der Waals surface area contributed by atoms with E-state index in [1.807, 2.05) is 19.0 Å². The van der Waals surface area contributed by atoms with E-state index in [0.717, 1.165) is 12.1 Å². The minimum Gasteiger partial charge on any atom is -0.507 e. The molecule has 3 fully saturated rings. The summed E-state index contributed by atoms with van der Waals surface area (Å²) in [5.74, 6) is -3.54. The standard InChI is InChI=1S/C40H51NO15/c1-7-40(50)15-26(46)19-12-20-30(36(49)33-24(44)9-8-23(43)32(33)34(20)47)35(48)31(19)39(40)56-28-13-21(41(5)6)37(17(3)52-28)55-29-14-25(45)38(18(4)53-29)54-27-11-10-22(42)16(2)51-27/h8-9,12,16-18,21,25-29,37-39,43-46,48,50H,7,10-11,13-15H2,1-6H3/t16-,17-,18-,21-,25-,26-,27-,28-,29-,37+,38+,39+,40+/m0/s1. The van der Waals surface area contributed by atoms with Gasteiger partial charge in [0.2, 0.25) is 5.78 Å². The summed E-state index contributed by atoms with van der Waals surface area (Å²) in [4.78, 5) is 41.3. The van der Waals surface area contributed by atoms with E-state index in [1.54, 1.807) is 27.7 Å². The zero-order chi connectivity index (χ0) is 40.5. The van der Waals surface area contributed by atoms with Crippen LogP contribution in [0.2, 0.25) is 0 Å². The monoisotopic (exact) mass is 785 g/mol.